The molecule has 0 bridgehead atoms. The number of nitrogens with one attached hydrogen (secondary N) is 1. The number of benzene rings is 1. The summed E-state index contributed by atoms with van der Waals surface area (Å²) >= 11 is 1.22. The van der Waals surface area contributed by atoms with Gasteiger partial charge in [-0.3, -0.25) is 4.72 Å². The van der Waals surface area contributed by atoms with E-state index in [9.17, 15) is 8.42 Å². The summed E-state index contributed by atoms with van der Waals surface area (Å²) in [5.41, 5.74) is 5.97. The molecule has 2 rings (SSSR count). The van der Waals surface area contributed by atoms with E-state index in [1.54, 1.807) is 12.1 Å². The van der Waals surface area contributed by atoms with E-state index in [1.807, 2.05) is 13.8 Å². The van der Waals surface area contributed by atoms with E-state index >= 15 is 0 Å². The number of nitrogens with two attached hydrogens (primary N) is 1. The molecular weight excluding hydrogens is 284 g/mol. The standard InChI is InChI=1S/C11H14N4O2S2/c1-7(2)10-13-14-11(18-10)15-19(16,17)9-5-3-4-8(12)6-9/h3-7H,12H2,1-2H3,(H,14,15). The molecule has 1 aromatic carbocycles. The zero-order valence-corrected chi connectivity index (χ0v) is 12.1. The highest BCUT2D eigenvalue weighted by molar-refractivity contribution is 7.93. The van der Waals surface area contributed by atoms with Crippen LogP contribution in [0.3, 0.4) is 0 Å². The highest BCUT2D eigenvalue weighted by atomic mass is 32.2. The van der Waals surface area contributed by atoms with Crippen molar-refractivity contribution in [2.75, 3.05) is 10.5 Å². The molecule has 102 valence electrons. The van der Waals surface area contributed by atoms with E-state index in [0.29, 0.717) is 5.69 Å². The molecular formula is C11H14N4O2S2. The van der Waals surface area contributed by atoms with Gasteiger partial charge in [0.25, 0.3) is 10.0 Å². The van der Waals surface area contributed by atoms with Crippen LogP contribution in [0.25, 0.3) is 0 Å². The number of nitrogens with zero attached hydrogens (tertiary/aromatic N) is 2. The fourth-order valence-electron chi connectivity index (χ4n) is 1.36. The average molecular weight is 298 g/mol. The Morgan fingerprint density at radius 1 is 1.32 bits per heavy atom. The van der Waals surface area contributed by atoms with Crippen molar-refractivity contribution in [1.82, 2.24) is 10.2 Å². The summed E-state index contributed by atoms with van der Waals surface area (Å²) in [5.74, 6) is 0.211. The molecule has 0 atom stereocenters. The van der Waals surface area contributed by atoms with Crippen molar-refractivity contribution < 1.29 is 8.42 Å². The van der Waals surface area contributed by atoms with Crippen molar-refractivity contribution >= 4 is 32.2 Å². The minimum Gasteiger partial charge on any atom is -0.399 e. The predicted octanol–water partition coefficient (Wildman–Crippen LogP) is 2.04. The number of sulfonamides is 1. The molecule has 6 nitrogen and oxygen atoms in total. The Morgan fingerprint density at radius 3 is 2.63 bits per heavy atom. The summed E-state index contributed by atoms with van der Waals surface area (Å²) in [6, 6.07) is 6.08. The quantitative estimate of drug-likeness (QED) is 0.842. The molecule has 19 heavy (non-hydrogen) atoms. The maximum atomic E-state index is 12.1. The minimum atomic E-state index is -3.67. The summed E-state index contributed by atoms with van der Waals surface area (Å²) in [6.45, 7) is 3.94. The summed E-state index contributed by atoms with van der Waals surface area (Å²) in [6.07, 6.45) is 0. The third-order valence-corrected chi connectivity index (χ3v) is 4.93. The lowest BCUT2D eigenvalue weighted by atomic mass is 10.2. The molecule has 0 saturated carbocycles. The van der Waals surface area contributed by atoms with Crippen molar-refractivity contribution in [3.63, 3.8) is 0 Å². The van der Waals surface area contributed by atoms with E-state index < -0.39 is 10.0 Å². The Kier molecular flexibility index (Phi) is 3.72. The third kappa shape index (κ3) is 3.21. The lowest BCUT2D eigenvalue weighted by Crippen LogP contribution is -2.13. The Labute approximate surface area is 115 Å². The SMILES string of the molecule is CC(C)c1nnc(NS(=O)(=O)c2cccc(N)c2)s1. The zero-order valence-electron chi connectivity index (χ0n) is 10.5. The van der Waals surface area contributed by atoms with E-state index in [0.717, 1.165) is 5.01 Å². The van der Waals surface area contributed by atoms with Crippen LogP contribution >= 0.6 is 11.3 Å². The van der Waals surface area contributed by atoms with Gasteiger partial charge in [0.15, 0.2) is 0 Å². The van der Waals surface area contributed by atoms with Crippen molar-refractivity contribution in [2.45, 2.75) is 24.7 Å². The fourth-order valence-corrected chi connectivity index (χ4v) is 3.40. The van der Waals surface area contributed by atoms with Crippen molar-refractivity contribution in [3.05, 3.63) is 29.3 Å². The molecule has 2 aromatic rings. The van der Waals surface area contributed by atoms with Crippen LogP contribution in [0.2, 0.25) is 0 Å². The normalized spacial score (nSPS) is 11.7. The zero-order chi connectivity index (χ0) is 14.0. The molecule has 0 radical (unpaired) electrons. The number of anilines is 2. The van der Waals surface area contributed by atoms with Gasteiger partial charge in [-0.05, 0) is 18.2 Å². The number of aromatic nitrogens is 2. The third-order valence-electron chi connectivity index (χ3n) is 2.32. The molecule has 3 N–H and O–H groups in total. The number of hydrogen-bond acceptors (Lipinski definition) is 6. The lowest BCUT2D eigenvalue weighted by molar-refractivity contribution is 0.601. The number of hydrogen-bond donors (Lipinski definition) is 2. The molecule has 0 saturated heterocycles. The first-order chi connectivity index (χ1) is 8.88. The van der Waals surface area contributed by atoms with Crippen LogP contribution in [-0.2, 0) is 10.0 Å². The van der Waals surface area contributed by atoms with Crippen LogP contribution in [0.5, 0.6) is 0 Å². The molecule has 0 spiro atoms. The molecule has 0 aliphatic heterocycles. The molecule has 0 fully saturated rings. The summed E-state index contributed by atoms with van der Waals surface area (Å²) in [7, 11) is -3.67. The molecule has 0 aliphatic rings. The van der Waals surface area contributed by atoms with Gasteiger partial charge in [0.1, 0.15) is 5.01 Å². The minimum absolute atomic E-state index is 0.105. The summed E-state index contributed by atoms with van der Waals surface area (Å²) < 4.78 is 26.6. The summed E-state index contributed by atoms with van der Waals surface area (Å²) in [4.78, 5) is 0.105. The van der Waals surface area contributed by atoms with Gasteiger partial charge in [-0.2, -0.15) is 0 Å². The Bertz CT molecular complexity index is 680. The first kappa shape index (κ1) is 13.8. The fraction of sp³-hybridized carbons (Fsp3) is 0.273. The second-order valence-corrected chi connectivity index (χ2v) is 6.97. The number of nitrogen functional groups attached to an aromatic ring is 1. The van der Waals surface area contributed by atoms with Gasteiger partial charge in [-0.25, -0.2) is 8.42 Å². The monoisotopic (exact) mass is 298 g/mol. The Hall–Kier alpha value is -1.67. The van der Waals surface area contributed by atoms with Gasteiger partial charge in [-0.1, -0.05) is 31.3 Å². The van der Waals surface area contributed by atoms with Crippen LogP contribution in [-0.4, -0.2) is 18.6 Å². The topological polar surface area (TPSA) is 98.0 Å². The molecule has 1 aromatic heterocycles. The van der Waals surface area contributed by atoms with E-state index in [2.05, 4.69) is 14.9 Å². The Morgan fingerprint density at radius 2 is 2.05 bits per heavy atom. The van der Waals surface area contributed by atoms with Crippen LogP contribution in [0.15, 0.2) is 29.2 Å². The van der Waals surface area contributed by atoms with E-state index in [4.69, 9.17) is 5.73 Å². The summed E-state index contributed by atoms with van der Waals surface area (Å²) in [5, 5.41) is 8.78. The van der Waals surface area contributed by atoms with Gasteiger partial charge in [-0.15, -0.1) is 10.2 Å². The second kappa shape index (κ2) is 5.14. The molecule has 0 amide bonds. The molecule has 8 heteroatoms. The van der Waals surface area contributed by atoms with Crippen molar-refractivity contribution in [1.29, 1.82) is 0 Å². The predicted molar refractivity (Wildman–Crippen MR) is 75.7 cm³/mol. The molecule has 1 heterocycles. The van der Waals surface area contributed by atoms with Crippen LogP contribution in [0.4, 0.5) is 10.8 Å². The van der Waals surface area contributed by atoms with Crippen LogP contribution < -0.4 is 10.5 Å². The van der Waals surface area contributed by atoms with Gasteiger partial charge >= 0.3 is 0 Å². The van der Waals surface area contributed by atoms with Gasteiger partial charge in [0.05, 0.1) is 4.90 Å². The lowest BCUT2D eigenvalue weighted by Gasteiger charge is -2.05. The average Bonchev–Trinajstić information content (AvgIpc) is 2.77. The molecule has 0 unspecified atom stereocenters. The largest absolute Gasteiger partial charge is 0.399 e. The highest BCUT2D eigenvalue weighted by Gasteiger charge is 2.17. The highest BCUT2D eigenvalue weighted by Crippen LogP contribution is 2.25. The maximum Gasteiger partial charge on any atom is 0.263 e. The van der Waals surface area contributed by atoms with Gasteiger partial charge < -0.3 is 5.73 Å². The maximum absolute atomic E-state index is 12.1. The van der Waals surface area contributed by atoms with Crippen LogP contribution in [0.1, 0.15) is 24.8 Å². The first-order valence-corrected chi connectivity index (χ1v) is 7.90. The van der Waals surface area contributed by atoms with E-state index in [1.165, 1.54) is 23.5 Å². The van der Waals surface area contributed by atoms with Crippen molar-refractivity contribution in [2.24, 2.45) is 0 Å². The first-order valence-electron chi connectivity index (χ1n) is 5.60. The van der Waals surface area contributed by atoms with Crippen LogP contribution in [0, 0.1) is 0 Å². The van der Waals surface area contributed by atoms with Crippen molar-refractivity contribution in [3.8, 4) is 0 Å². The van der Waals surface area contributed by atoms with E-state index in [-0.39, 0.29) is 15.9 Å². The smallest absolute Gasteiger partial charge is 0.263 e. The number of rotatable bonds is 4. The second-order valence-electron chi connectivity index (χ2n) is 4.28. The van der Waals surface area contributed by atoms with Gasteiger partial charge in [0.2, 0.25) is 5.13 Å². The van der Waals surface area contributed by atoms with Gasteiger partial charge in [0, 0.05) is 11.6 Å². The molecule has 0 aliphatic carbocycles. The Balaban J connectivity index is 2.26.